The van der Waals surface area contributed by atoms with Crippen molar-refractivity contribution in [2.75, 3.05) is 24.5 Å². The number of rotatable bonds is 2. The summed E-state index contributed by atoms with van der Waals surface area (Å²) in [7, 11) is 0. The monoisotopic (exact) mass is 361 g/mol. The lowest BCUT2D eigenvalue weighted by Gasteiger charge is -2.39. The fraction of sp³-hybridized carbons (Fsp3) is 0.444. The maximum Gasteiger partial charge on any atom is 0.226 e. The van der Waals surface area contributed by atoms with E-state index in [0.717, 1.165) is 50.1 Å². The molecule has 0 aliphatic carbocycles. The summed E-state index contributed by atoms with van der Waals surface area (Å²) in [6, 6.07) is 2.12. The second-order valence-corrected chi connectivity index (χ2v) is 8.05. The van der Waals surface area contributed by atoms with Crippen molar-refractivity contribution in [2.24, 2.45) is 5.41 Å². The van der Waals surface area contributed by atoms with Gasteiger partial charge in [-0.1, -0.05) is 11.6 Å². The van der Waals surface area contributed by atoms with Gasteiger partial charge in [0.1, 0.15) is 0 Å². The van der Waals surface area contributed by atoms with Crippen LogP contribution in [0.5, 0.6) is 0 Å². The fourth-order valence-corrected chi connectivity index (χ4v) is 5.13. The zero-order chi connectivity index (χ0) is 16.7. The number of hydrogen-bond acceptors (Lipinski definition) is 4. The van der Waals surface area contributed by atoms with Gasteiger partial charge in [-0.15, -0.1) is 11.3 Å². The van der Waals surface area contributed by atoms with Crippen molar-refractivity contribution < 1.29 is 4.79 Å². The number of hydrogen-bond donors (Lipinski definition) is 1. The van der Waals surface area contributed by atoms with Gasteiger partial charge in [-0.3, -0.25) is 9.78 Å². The van der Waals surface area contributed by atoms with Gasteiger partial charge in [0.25, 0.3) is 0 Å². The Morgan fingerprint density at radius 2 is 2.08 bits per heavy atom. The third-order valence-electron chi connectivity index (χ3n) is 5.39. The molecule has 2 fully saturated rings. The molecule has 0 saturated carbocycles. The molecule has 1 amide bonds. The Kier molecular flexibility index (Phi) is 4.01. The van der Waals surface area contributed by atoms with Gasteiger partial charge >= 0.3 is 0 Å². The van der Waals surface area contributed by atoms with Crippen molar-refractivity contribution in [1.82, 2.24) is 10.3 Å². The zero-order valence-electron chi connectivity index (χ0n) is 13.6. The van der Waals surface area contributed by atoms with Crippen LogP contribution in [-0.2, 0) is 4.79 Å². The summed E-state index contributed by atoms with van der Waals surface area (Å²) in [6.45, 7) is 4.64. The summed E-state index contributed by atoms with van der Waals surface area (Å²) in [6.07, 6.45) is 6.37. The Morgan fingerprint density at radius 3 is 2.71 bits per heavy atom. The molecule has 1 spiro atoms. The number of anilines is 1. The molecule has 4 rings (SSSR count). The molecule has 0 unspecified atom stereocenters. The molecule has 0 radical (unpaired) electrons. The SMILES string of the molecule is Cc1ccsc1-c1cncc(Cl)c1N1CCC2(CCNC2=O)CC1. The van der Waals surface area contributed by atoms with Crippen molar-refractivity contribution >= 4 is 34.5 Å². The largest absolute Gasteiger partial charge is 0.370 e. The molecule has 2 aromatic heterocycles. The Morgan fingerprint density at radius 1 is 1.29 bits per heavy atom. The van der Waals surface area contributed by atoms with E-state index in [0.29, 0.717) is 5.02 Å². The summed E-state index contributed by atoms with van der Waals surface area (Å²) in [4.78, 5) is 20.0. The molecule has 0 atom stereocenters. The minimum atomic E-state index is -0.158. The first-order valence-corrected chi connectivity index (χ1v) is 9.58. The smallest absolute Gasteiger partial charge is 0.226 e. The first-order valence-electron chi connectivity index (χ1n) is 8.32. The molecule has 4 heterocycles. The van der Waals surface area contributed by atoms with Crippen LogP contribution in [0.4, 0.5) is 5.69 Å². The molecule has 6 heteroatoms. The minimum Gasteiger partial charge on any atom is -0.370 e. The van der Waals surface area contributed by atoms with E-state index in [1.165, 1.54) is 10.4 Å². The normalized spacial score (nSPS) is 19.8. The van der Waals surface area contributed by atoms with Gasteiger partial charge in [0.05, 0.1) is 16.1 Å². The van der Waals surface area contributed by atoms with Crippen LogP contribution in [0.2, 0.25) is 5.02 Å². The third kappa shape index (κ3) is 2.50. The van der Waals surface area contributed by atoms with E-state index >= 15 is 0 Å². The van der Waals surface area contributed by atoms with E-state index in [1.54, 1.807) is 17.5 Å². The molecule has 0 bridgehead atoms. The number of pyridine rings is 1. The van der Waals surface area contributed by atoms with Crippen LogP contribution >= 0.6 is 22.9 Å². The average Bonchev–Trinajstić information content (AvgIpc) is 3.15. The van der Waals surface area contributed by atoms with E-state index in [1.807, 2.05) is 6.20 Å². The van der Waals surface area contributed by atoms with Gasteiger partial charge < -0.3 is 10.2 Å². The first kappa shape index (κ1) is 15.9. The molecular formula is C18H20ClN3OS. The van der Waals surface area contributed by atoms with Crippen LogP contribution in [-0.4, -0.2) is 30.5 Å². The predicted octanol–water partition coefficient (Wildman–Crippen LogP) is 3.88. The lowest BCUT2D eigenvalue weighted by atomic mass is 9.77. The predicted molar refractivity (Wildman–Crippen MR) is 98.8 cm³/mol. The lowest BCUT2D eigenvalue weighted by Crippen LogP contribution is -2.44. The van der Waals surface area contributed by atoms with E-state index in [2.05, 4.69) is 33.6 Å². The Bertz CT molecular complexity index is 780. The highest BCUT2D eigenvalue weighted by Gasteiger charge is 2.44. The zero-order valence-corrected chi connectivity index (χ0v) is 15.2. The summed E-state index contributed by atoms with van der Waals surface area (Å²) in [5.41, 5.74) is 3.25. The molecule has 1 N–H and O–H groups in total. The van der Waals surface area contributed by atoms with Gasteiger partial charge in [-0.05, 0) is 43.2 Å². The number of thiophene rings is 1. The average molecular weight is 362 g/mol. The molecule has 2 saturated heterocycles. The van der Waals surface area contributed by atoms with Crippen LogP contribution in [0.1, 0.15) is 24.8 Å². The Hall–Kier alpha value is -1.59. The van der Waals surface area contributed by atoms with Gasteiger partial charge in [-0.25, -0.2) is 0 Å². The molecule has 4 nitrogen and oxygen atoms in total. The van der Waals surface area contributed by atoms with E-state index < -0.39 is 0 Å². The molecule has 2 aromatic rings. The quantitative estimate of drug-likeness (QED) is 0.882. The van der Waals surface area contributed by atoms with Crippen molar-refractivity contribution in [3.8, 4) is 10.4 Å². The molecule has 126 valence electrons. The lowest BCUT2D eigenvalue weighted by molar-refractivity contribution is -0.128. The maximum absolute atomic E-state index is 12.2. The second kappa shape index (κ2) is 6.05. The van der Waals surface area contributed by atoms with E-state index in [-0.39, 0.29) is 11.3 Å². The van der Waals surface area contributed by atoms with Gasteiger partial charge in [-0.2, -0.15) is 0 Å². The number of carbonyl (C=O) groups excluding carboxylic acids is 1. The van der Waals surface area contributed by atoms with E-state index in [4.69, 9.17) is 11.6 Å². The summed E-state index contributed by atoms with van der Waals surface area (Å²) < 4.78 is 0. The minimum absolute atomic E-state index is 0.158. The highest BCUT2D eigenvalue weighted by atomic mass is 35.5. The van der Waals surface area contributed by atoms with Gasteiger partial charge in [0, 0.05) is 42.5 Å². The van der Waals surface area contributed by atoms with E-state index in [9.17, 15) is 4.79 Å². The number of nitrogens with one attached hydrogen (secondary N) is 1. The van der Waals surface area contributed by atoms with Gasteiger partial charge in [0.15, 0.2) is 0 Å². The Labute approximate surface area is 150 Å². The van der Waals surface area contributed by atoms with Crippen LogP contribution in [0, 0.1) is 12.3 Å². The maximum atomic E-state index is 12.2. The van der Waals surface area contributed by atoms with Crippen LogP contribution < -0.4 is 10.2 Å². The number of piperidine rings is 1. The van der Waals surface area contributed by atoms with Crippen molar-refractivity contribution in [1.29, 1.82) is 0 Å². The summed E-state index contributed by atoms with van der Waals surface area (Å²) in [5.74, 6) is 0.234. The topological polar surface area (TPSA) is 45.2 Å². The standard InChI is InChI=1S/C18H20ClN3OS/c1-12-2-9-24-16(12)13-10-20-11-14(19)15(13)22-7-4-18(5-8-22)3-6-21-17(18)23/h2,9-11H,3-8H2,1H3,(H,21,23). The first-order chi connectivity index (χ1) is 11.6. The van der Waals surface area contributed by atoms with Crippen molar-refractivity contribution in [3.63, 3.8) is 0 Å². The highest BCUT2D eigenvalue weighted by molar-refractivity contribution is 7.13. The molecular weight excluding hydrogens is 342 g/mol. The number of aryl methyl sites for hydroxylation is 1. The number of carbonyl (C=O) groups is 1. The molecule has 0 aromatic carbocycles. The van der Waals surface area contributed by atoms with Crippen LogP contribution in [0.3, 0.4) is 0 Å². The second-order valence-electron chi connectivity index (χ2n) is 6.72. The molecule has 2 aliphatic heterocycles. The fourth-order valence-electron chi connectivity index (χ4n) is 3.92. The van der Waals surface area contributed by atoms with Crippen LogP contribution in [0.15, 0.2) is 23.8 Å². The summed E-state index contributed by atoms with van der Waals surface area (Å²) >= 11 is 8.25. The van der Waals surface area contributed by atoms with Crippen molar-refractivity contribution in [2.45, 2.75) is 26.2 Å². The number of nitrogens with zero attached hydrogens (tertiary/aromatic N) is 2. The van der Waals surface area contributed by atoms with Gasteiger partial charge in [0.2, 0.25) is 5.91 Å². The van der Waals surface area contributed by atoms with Crippen LogP contribution in [0.25, 0.3) is 10.4 Å². The third-order valence-corrected chi connectivity index (χ3v) is 6.71. The Balaban J connectivity index is 1.66. The molecule has 24 heavy (non-hydrogen) atoms. The highest BCUT2D eigenvalue weighted by Crippen LogP contribution is 2.44. The van der Waals surface area contributed by atoms with Crippen molar-refractivity contribution in [3.05, 3.63) is 34.4 Å². The number of aromatic nitrogens is 1. The number of amides is 1. The molecule has 2 aliphatic rings. The summed E-state index contributed by atoms with van der Waals surface area (Å²) in [5, 5.41) is 5.78. The number of halogens is 1.